The number of benzene rings is 2. The molecule has 0 aliphatic carbocycles. The first-order chi connectivity index (χ1) is 13.1. The lowest BCUT2D eigenvalue weighted by Crippen LogP contribution is -2.30. The molecule has 140 valence electrons. The summed E-state index contributed by atoms with van der Waals surface area (Å²) in [6.07, 6.45) is 0. The summed E-state index contributed by atoms with van der Waals surface area (Å²) in [4.78, 5) is 18.4. The van der Waals surface area contributed by atoms with Crippen molar-refractivity contribution in [3.63, 3.8) is 0 Å². The van der Waals surface area contributed by atoms with Gasteiger partial charge in [-0.1, -0.05) is 17.7 Å². The summed E-state index contributed by atoms with van der Waals surface area (Å²) in [6, 6.07) is 14.3. The van der Waals surface area contributed by atoms with Gasteiger partial charge in [0.25, 0.3) is 5.91 Å². The summed E-state index contributed by atoms with van der Waals surface area (Å²) >= 11 is 7.37. The van der Waals surface area contributed by atoms with Gasteiger partial charge in [-0.25, -0.2) is 4.98 Å². The number of thiazole rings is 1. The zero-order valence-electron chi connectivity index (χ0n) is 14.8. The second-order valence-corrected chi connectivity index (χ2v) is 6.98. The Balaban J connectivity index is 1.51. The molecule has 7 heteroatoms. The quantitative estimate of drug-likeness (QED) is 0.555. The minimum atomic E-state index is -0.0891. The van der Waals surface area contributed by atoms with Gasteiger partial charge in [0.2, 0.25) is 0 Å². The lowest BCUT2D eigenvalue weighted by molar-refractivity contribution is 0.0773. The second-order valence-electron chi connectivity index (χ2n) is 5.83. The predicted molar refractivity (Wildman–Crippen MR) is 107 cm³/mol. The molecule has 0 N–H and O–H groups in total. The van der Waals surface area contributed by atoms with Crippen molar-refractivity contribution in [2.75, 3.05) is 20.2 Å². The van der Waals surface area contributed by atoms with Gasteiger partial charge < -0.3 is 14.4 Å². The molecule has 0 saturated carbocycles. The van der Waals surface area contributed by atoms with E-state index in [0.717, 1.165) is 11.4 Å². The van der Waals surface area contributed by atoms with Gasteiger partial charge in [-0.3, -0.25) is 4.79 Å². The van der Waals surface area contributed by atoms with Crippen LogP contribution in [-0.4, -0.2) is 36.0 Å². The molecule has 1 aromatic heterocycles. The van der Waals surface area contributed by atoms with E-state index in [9.17, 15) is 4.79 Å². The Labute approximate surface area is 167 Å². The molecule has 1 amide bonds. The molecule has 1 heterocycles. The average Bonchev–Trinajstić information content (AvgIpc) is 3.21. The van der Waals surface area contributed by atoms with Crippen LogP contribution in [0.5, 0.6) is 11.5 Å². The normalized spacial score (nSPS) is 10.4. The van der Waals surface area contributed by atoms with Crippen LogP contribution < -0.4 is 9.47 Å². The molecule has 0 bridgehead atoms. The maximum atomic E-state index is 12.6. The maximum absolute atomic E-state index is 12.6. The van der Waals surface area contributed by atoms with Crippen LogP contribution in [0.15, 0.2) is 59.4 Å². The molecule has 5 nitrogen and oxygen atoms in total. The molecule has 0 atom stereocenters. The number of amides is 1. The Morgan fingerprint density at radius 2 is 1.96 bits per heavy atom. The van der Waals surface area contributed by atoms with E-state index in [0.29, 0.717) is 36.1 Å². The van der Waals surface area contributed by atoms with Gasteiger partial charge in [-0.05, 0) is 42.5 Å². The average molecular weight is 403 g/mol. The highest BCUT2D eigenvalue weighted by atomic mass is 35.5. The molecule has 0 spiro atoms. The van der Waals surface area contributed by atoms with Crippen molar-refractivity contribution in [3.8, 4) is 11.5 Å². The molecule has 0 fully saturated rings. The van der Waals surface area contributed by atoms with Gasteiger partial charge in [0.05, 0.1) is 17.7 Å². The van der Waals surface area contributed by atoms with Crippen LogP contribution in [0.1, 0.15) is 16.1 Å². The topological polar surface area (TPSA) is 51.7 Å². The monoisotopic (exact) mass is 402 g/mol. The Bertz CT molecular complexity index is 869. The number of hydrogen-bond acceptors (Lipinski definition) is 5. The molecule has 0 aliphatic heterocycles. The first-order valence-electron chi connectivity index (χ1n) is 8.35. The van der Waals surface area contributed by atoms with Gasteiger partial charge >= 0.3 is 0 Å². The Morgan fingerprint density at radius 3 is 2.70 bits per heavy atom. The van der Waals surface area contributed by atoms with Crippen molar-refractivity contribution in [1.29, 1.82) is 0 Å². The molecule has 2 aromatic carbocycles. The Hall–Kier alpha value is -2.57. The first kappa shape index (κ1) is 19.2. The summed E-state index contributed by atoms with van der Waals surface area (Å²) < 4.78 is 11.3. The number of likely N-dealkylation sites (N-methyl/N-ethyl adjacent to an activating group) is 1. The number of nitrogens with zero attached hydrogens (tertiary/aromatic N) is 2. The third-order valence-corrected chi connectivity index (χ3v) is 4.69. The molecule has 3 rings (SSSR count). The predicted octanol–water partition coefficient (Wildman–Crippen LogP) is 4.53. The molecular formula is C20H19ClN2O3S. The molecule has 0 radical (unpaired) electrons. The minimum Gasteiger partial charge on any atom is -0.492 e. The van der Waals surface area contributed by atoms with Crippen molar-refractivity contribution in [1.82, 2.24) is 9.88 Å². The van der Waals surface area contributed by atoms with Crippen molar-refractivity contribution in [3.05, 3.63) is 75.7 Å². The van der Waals surface area contributed by atoms with Gasteiger partial charge in [0, 0.05) is 23.0 Å². The van der Waals surface area contributed by atoms with E-state index in [4.69, 9.17) is 21.1 Å². The number of carbonyl (C=O) groups is 1. The van der Waals surface area contributed by atoms with Crippen LogP contribution in [0.2, 0.25) is 5.02 Å². The number of halogens is 1. The van der Waals surface area contributed by atoms with Gasteiger partial charge in [-0.15, -0.1) is 11.3 Å². The summed E-state index contributed by atoms with van der Waals surface area (Å²) in [5.41, 5.74) is 3.20. The second kappa shape index (κ2) is 9.39. The standard InChI is InChI=1S/C20H19ClN2O3S/c1-23(9-10-25-18-7-5-16(21)6-8-18)20(24)15-3-2-4-19(11-15)26-12-17-13-27-14-22-17/h2-8,11,13-14H,9-10,12H2,1H3. The van der Waals surface area contributed by atoms with E-state index in [2.05, 4.69) is 4.98 Å². The summed E-state index contributed by atoms with van der Waals surface area (Å²) in [7, 11) is 1.75. The third kappa shape index (κ3) is 5.70. The summed E-state index contributed by atoms with van der Waals surface area (Å²) in [6.45, 7) is 1.24. The number of ether oxygens (including phenoxy) is 2. The Kier molecular flexibility index (Phi) is 6.68. The number of aromatic nitrogens is 1. The lowest BCUT2D eigenvalue weighted by Gasteiger charge is -2.18. The summed E-state index contributed by atoms with van der Waals surface area (Å²) in [5.74, 6) is 1.27. The highest BCUT2D eigenvalue weighted by Gasteiger charge is 2.12. The first-order valence-corrected chi connectivity index (χ1v) is 9.67. The summed E-state index contributed by atoms with van der Waals surface area (Å²) in [5, 5.41) is 2.59. The van der Waals surface area contributed by atoms with Crippen LogP contribution in [-0.2, 0) is 6.61 Å². The maximum Gasteiger partial charge on any atom is 0.253 e. The fourth-order valence-corrected chi connectivity index (χ4v) is 3.01. The van der Waals surface area contributed by atoms with E-state index >= 15 is 0 Å². The van der Waals surface area contributed by atoms with Crippen molar-refractivity contribution < 1.29 is 14.3 Å². The fourth-order valence-electron chi connectivity index (χ4n) is 2.34. The smallest absolute Gasteiger partial charge is 0.253 e. The number of rotatable bonds is 8. The number of carbonyl (C=O) groups excluding carboxylic acids is 1. The van der Waals surface area contributed by atoms with E-state index in [1.807, 2.05) is 17.5 Å². The molecule has 3 aromatic rings. The van der Waals surface area contributed by atoms with E-state index in [-0.39, 0.29) is 5.91 Å². The van der Waals surface area contributed by atoms with Crippen molar-refractivity contribution in [2.24, 2.45) is 0 Å². The SMILES string of the molecule is CN(CCOc1ccc(Cl)cc1)C(=O)c1cccc(OCc2cscn2)c1. The largest absolute Gasteiger partial charge is 0.492 e. The van der Waals surface area contributed by atoms with Crippen LogP contribution in [0.3, 0.4) is 0 Å². The lowest BCUT2D eigenvalue weighted by atomic mass is 10.2. The van der Waals surface area contributed by atoms with Crippen LogP contribution >= 0.6 is 22.9 Å². The van der Waals surface area contributed by atoms with Crippen LogP contribution in [0.4, 0.5) is 0 Å². The molecule has 0 aliphatic rings. The highest BCUT2D eigenvalue weighted by molar-refractivity contribution is 7.07. The van der Waals surface area contributed by atoms with Gasteiger partial charge in [0.1, 0.15) is 24.7 Å². The zero-order valence-corrected chi connectivity index (χ0v) is 16.4. The molecule has 0 unspecified atom stereocenters. The molecule has 27 heavy (non-hydrogen) atoms. The Morgan fingerprint density at radius 1 is 1.15 bits per heavy atom. The molecule has 0 saturated heterocycles. The van der Waals surface area contributed by atoms with Crippen molar-refractivity contribution >= 4 is 28.8 Å². The van der Waals surface area contributed by atoms with E-state index in [1.165, 1.54) is 11.3 Å². The van der Waals surface area contributed by atoms with Gasteiger partial charge in [0.15, 0.2) is 0 Å². The van der Waals surface area contributed by atoms with Crippen LogP contribution in [0.25, 0.3) is 0 Å². The van der Waals surface area contributed by atoms with E-state index in [1.54, 1.807) is 53.9 Å². The highest BCUT2D eigenvalue weighted by Crippen LogP contribution is 2.17. The minimum absolute atomic E-state index is 0.0891. The fraction of sp³-hybridized carbons (Fsp3) is 0.200. The van der Waals surface area contributed by atoms with Crippen LogP contribution in [0, 0.1) is 0 Å². The third-order valence-electron chi connectivity index (χ3n) is 3.81. The number of hydrogen-bond donors (Lipinski definition) is 0. The molecular weight excluding hydrogens is 384 g/mol. The van der Waals surface area contributed by atoms with E-state index < -0.39 is 0 Å². The zero-order chi connectivity index (χ0) is 19.1. The van der Waals surface area contributed by atoms with Gasteiger partial charge in [-0.2, -0.15) is 0 Å². The van der Waals surface area contributed by atoms with Crippen molar-refractivity contribution in [2.45, 2.75) is 6.61 Å².